The summed E-state index contributed by atoms with van der Waals surface area (Å²) in [4.78, 5) is 4.33. The number of imidazole rings is 1. The van der Waals surface area contributed by atoms with Gasteiger partial charge < -0.3 is 9.67 Å². The summed E-state index contributed by atoms with van der Waals surface area (Å²) < 4.78 is 2.04. The molecule has 1 fully saturated rings. The van der Waals surface area contributed by atoms with Crippen LogP contribution in [-0.2, 0) is 13.5 Å². The number of nitrogens with zero attached hydrogens (tertiary/aromatic N) is 2. The van der Waals surface area contributed by atoms with Gasteiger partial charge in [0, 0.05) is 25.9 Å². The smallest absolute Gasteiger partial charge is 0.108 e. The van der Waals surface area contributed by atoms with Crippen molar-refractivity contribution in [3.63, 3.8) is 0 Å². The van der Waals surface area contributed by atoms with Crippen LogP contribution in [0.25, 0.3) is 0 Å². The van der Waals surface area contributed by atoms with Crippen LogP contribution in [0, 0.1) is 11.8 Å². The van der Waals surface area contributed by atoms with E-state index in [-0.39, 0.29) is 0 Å². The first-order valence-electron chi connectivity index (χ1n) is 6.70. The summed E-state index contributed by atoms with van der Waals surface area (Å²) in [5.74, 6) is 2.14. The summed E-state index contributed by atoms with van der Waals surface area (Å²) in [5.41, 5.74) is -0.483. The van der Waals surface area contributed by atoms with E-state index in [1.54, 1.807) is 0 Å². The van der Waals surface area contributed by atoms with Crippen LogP contribution >= 0.6 is 0 Å². The van der Waals surface area contributed by atoms with Gasteiger partial charge in [-0.1, -0.05) is 20.3 Å². The average molecular weight is 236 g/mol. The summed E-state index contributed by atoms with van der Waals surface area (Å²) in [6, 6.07) is 0. The van der Waals surface area contributed by atoms with Crippen LogP contribution in [0.2, 0.25) is 0 Å². The molecular weight excluding hydrogens is 212 g/mol. The van der Waals surface area contributed by atoms with Gasteiger partial charge in [0.05, 0.1) is 5.60 Å². The molecule has 1 aromatic rings. The summed E-state index contributed by atoms with van der Waals surface area (Å²) in [6.45, 7) is 4.43. The van der Waals surface area contributed by atoms with Crippen molar-refractivity contribution in [2.24, 2.45) is 18.9 Å². The van der Waals surface area contributed by atoms with Gasteiger partial charge in [0.25, 0.3) is 0 Å². The zero-order valence-corrected chi connectivity index (χ0v) is 11.2. The van der Waals surface area contributed by atoms with Crippen molar-refractivity contribution in [2.45, 2.75) is 51.6 Å². The number of hydrogen-bond acceptors (Lipinski definition) is 2. The molecule has 1 heterocycles. The van der Waals surface area contributed by atoms with E-state index in [0.717, 1.165) is 31.5 Å². The van der Waals surface area contributed by atoms with Gasteiger partial charge >= 0.3 is 0 Å². The third-order valence-corrected chi connectivity index (χ3v) is 4.41. The summed E-state index contributed by atoms with van der Waals surface area (Å²) in [5, 5.41) is 10.8. The standard InChI is InChI=1S/C14H24N2O/c1-11-4-5-12(2)14(17,10-11)7-6-13-15-8-9-16(13)3/h8-9,11-12,17H,4-7,10H2,1-3H3. The SMILES string of the molecule is CC1CCC(C)C(O)(CCc2nccn2C)C1. The number of aromatic nitrogens is 2. The summed E-state index contributed by atoms with van der Waals surface area (Å²) in [7, 11) is 2.01. The van der Waals surface area contributed by atoms with E-state index in [2.05, 4.69) is 18.8 Å². The molecule has 1 aromatic heterocycles. The molecule has 0 aromatic carbocycles. The predicted octanol–water partition coefficient (Wildman–Crippen LogP) is 2.54. The maximum absolute atomic E-state index is 10.8. The maximum atomic E-state index is 10.8. The molecule has 1 N–H and O–H groups in total. The molecule has 1 saturated carbocycles. The summed E-state index contributed by atoms with van der Waals surface area (Å²) >= 11 is 0. The van der Waals surface area contributed by atoms with Crippen LogP contribution in [0.1, 0.15) is 45.4 Å². The van der Waals surface area contributed by atoms with E-state index in [1.165, 1.54) is 6.42 Å². The Morgan fingerprint density at radius 1 is 1.47 bits per heavy atom. The zero-order chi connectivity index (χ0) is 12.5. The molecule has 0 aliphatic heterocycles. The highest BCUT2D eigenvalue weighted by atomic mass is 16.3. The van der Waals surface area contributed by atoms with Gasteiger partial charge in [0.15, 0.2) is 0 Å². The van der Waals surface area contributed by atoms with Crippen LogP contribution < -0.4 is 0 Å². The fourth-order valence-corrected chi connectivity index (χ4v) is 3.02. The highest BCUT2D eigenvalue weighted by Crippen LogP contribution is 2.39. The molecule has 0 spiro atoms. The van der Waals surface area contributed by atoms with Crippen molar-refractivity contribution in [3.8, 4) is 0 Å². The number of aryl methyl sites for hydroxylation is 2. The topological polar surface area (TPSA) is 38.1 Å². The van der Waals surface area contributed by atoms with Crippen molar-refractivity contribution in [3.05, 3.63) is 18.2 Å². The Morgan fingerprint density at radius 3 is 2.88 bits per heavy atom. The normalized spacial score (nSPS) is 33.9. The van der Waals surface area contributed by atoms with E-state index < -0.39 is 5.60 Å². The van der Waals surface area contributed by atoms with Gasteiger partial charge in [0.1, 0.15) is 5.82 Å². The molecule has 0 bridgehead atoms. The Bertz CT molecular complexity index is 374. The molecule has 1 aliphatic carbocycles. The lowest BCUT2D eigenvalue weighted by atomic mass is 9.70. The van der Waals surface area contributed by atoms with E-state index in [0.29, 0.717) is 11.8 Å². The van der Waals surface area contributed by atoms with Gasteiger partial charge in [-0.25, -0.2) is 4.98 Å². The van der Waals surface area contributed by atoms with Gasteiger partial charge in [-0.3, -0.25) is 0 Å². The molecule has 3 heteroatoms. The molecule has 3 atom stereocenters. The first-order valence-corrected chi connectivity index (χ1v) is 6.70. The third kappa shape index (κ3) is 2.71. The molecule has 0 radical (unpaired) electrons. The average Bonchev–Trinajstić information content (AvgIpc) is 2.67. The van der Waals surface area contributed by atoms with Gasteiger partial charge in [-0.2, -0.15) is 0 Å². The highest BCUT2D eigenvalue weighted by molar-refractivity contribution is 4.96. The van der Waals surface area contributed by atoms with Crippen LogP contribution in [0.3, 0.4) is 0 Å². The second kappa shape index (κ2) is 4.81. The summed E-state index contributed by atoms with van der Waals surface area (Å²) in [6.07, 6.45) is 8.85. The Morgan fingerprint density at radius 2 is 2.24 bits per heavy atom. The minimum absolute atomic E-state index is 0.416. The van der Waals surface area contributed by atoms with Crippen LogP contribution in [-0.4, -0.2) is 20.3 Å². The van der Waals surface area contributed by atoms with Crippen LogP contribution in [0.15, 0.2) is 12.4 Å². The second-order valence-electron chi connectivity index (χ2n) is 5.85. The lowest BCUT2D eigenvalue weighted by Crippen LogP contribution is -2.42. The van der Waals surface area contributed by atoms with E-state index >= 15 is 0 Å². The molecule has 1 aliphatic rings. The molecule has 3 unspecified atom stereocenters. The Kier molecular flexibility index (Phi) is 3.57. The highest BCUT2D eigenvalue weighted by Gasteiger charge is 2.38. The first-order chi connectivity index (χ1) is 8.01. The fraction of sp³-hybridized carbons (Fsp3) is 0.786. The third-order valence-electron chi connectivity index (χ3n) is 4.41. The monoisotopic (exact) mass is 236 g/mol. The second-order valence-corrected chi connectivity index (χ2v) is 5.85. The predicted molar refractivity (Wildman–Crippen MR) is 68.7 cm³/mol. The van der Waals surface area contributed by atoms with Gasteiger partial charge in [0.2, 0.25) is 0 Å². The molecule has 96 valence electrons. The Hall–Kier alpha value is -0.830. The first kappa shape index (κ1) is 12.6. The van der Waals surface area contributed by atoms with Gasteiger partial charge in [-0.05, 0) is 31.1 Å². The van der Waals surface area contributed by atoms with Crippen LogP contribution in [0.4, 0.5) is 0 Å². The van der Waals surface area contributed by atoms with Crippen LogP contribution in [0.5, 0.6) is 0 Å². The molecule has 2 rings (SSSR count). The van der Waals surface area contributed by atoms with Crippen molar-refractivity contribution in [1.82, 2.24) is 9.55 Å². The largest absolute Gasteiger partial charge is 0.390 e. The Balaban J connectivity index is 1.99. The minimum Gasteiger partial charge on any atom is -0.390 e. The lowest BCUT2D eigenvalue weighted by molar-refractivity contribution is -0.0630. The van der Waals surface area contributed by atoms with E-state index in [1.807, 2.05) is 24.0 Å². The fourth-order valence-electron chi connectivity index (χ4n) is 3.02. The quantitative estimate of drug-likeness (QED) is 0.875. The van der Waals surface area contributed by atoms with Crippen molar-refractivity contribution in [2.75, 3.05) is 0 Å². The van der Waals surface area contributed by atoms with Crippen molar-refractivity contribution >= 4 is 0 Å². The molecule has 17 heavy (non-hydrogen) atoms. The van der Waals surface area contributed by atoms with Crippen molar-refractivity contribution in [1.29, 1.82) is 0 Å². The van der Waals surface area contributed by atoms with E-state index in [9.17, 15) is 5.11 Å². The molecular formula is C14H24N2O. The minimum atomic E-state index is -0.483. The lowest BCUT2D eigenvalue weighted by Gasteiger charge is -2.41. The Labute approximate surface area is 104 Å². The van der Waals surface area contributed by atoms with E-state index in [4.69, 9.17) is 0 Å². The molecule has 0 saturated heterocycles. The zero-order valence-electron chi connectivity index (χ0n) is 11.2. The van der Waals surface area contributed by atoms with Crippen molar-refractivity contribution < 1.29 is 5.11 Å². The molecule has 0 amide bonds. The van der Waals surface area contributed by atoms with Gasteiger partial charge in [-0.15, -0.1) is 0 Å². The number of rotatable bonds is 3. The number of aliphatic hydroxyl groups is 1. The molecule has 3 nitrogen and oxygen atoms in total. The maximum Gasteiger partial charge on any atom is 0.108 e. The number of hydrogen-bond donors (Lipinski definition) is 1.